The lowest BCUT2D eigenvalue weighted by Gasteiger charge is -2.26. The molecule has 1 fully saturated rings. The first-order chi connectivity index (χ1) is 15.1. The van der Waals surface area contributed by atoms with Crippen molar-refractivity contribution in [1.29, 1.82) is 0 Å². The van der Waals surface area contributed by atoms with E-state index in [1.54, 1.807) is 37.0 Å². The third kappa shape index (κ3) is 7.63. The monoisotopic (exact) mass is 443 g/mol. The fourth-order valence-electron chi connectivity index (χ4n) is 3.45. The number of furan rings is 1. The largest absolute Gasteiger partial charge is 0.468 e. The molecule has 0 radical (unpaired) electrons. The van der Waals surface area contributed by atoms with E-state index in [1.807, 2.05) is 30.3 Å². The zero-order valence-corrected chi connectivity index (χ0v) is 19.2. The number of amides is 1. The molecule has 1 aromatic heterocycles. The smallest absolute Gasteiger partial charge is 0.243 e. The molecule has 1 saturated heterocycles. The van der Waals surface area contributed by atoms with E-state index in [2.05, 4.69) is 32.7 Å². The maximum atomic E-state index is 12.0. The molecule has 1 aliphatic heterocycles. The van der Waals surface area contributed by atoms with Gasteiger partial charge in [-0.25, -0.2) is 4.99 Å². The molecule has 8 heteroatoms. The van der Waals surface area contributed by atoms with Crippen LogP contribution in [-0.2, 0) is 4.79 Å². The van der Waals surface area contributed by atoms with Crippen LogP contribution in [0.15, 0.2) is 63.0 Å². The summed E-state index contributed by atoms with van der Waals surface area (Å²) < 4.78 is 5.71. The SMILES string of the molecule is CN(C)C(=O)CN=C(NCCSc1ccccc1)NCC(c1ccco1)N1CCCC1. The lowest BCUT2D eigenvalue weighted by molar-refractivity contribution is -0.127. The number of guanidine groups is 1. The fourth-order valence-corrected chi connectivity index (χ4v) is 4.24. The quantitative estimate of drug-likeness (QED) is 0.255. The molecule has 0 spiro atoms. The van der Waals surface area contributed by atoms with Crippen LogP contribution in [0.2, 0.25) is 0 Å². The fraction of sp³-hybridized carbons (Fsp3) is 0.478. The standard InChI is InChI=1S/C23H33N5O2S/c1-27(2)22(29)18-26-23(24-12-16-31-19-9-4-3-5-10-19)25-17-20(21-11-8-15-30-21)28-13-6-7-14-28/h3-5,8-11,15,20H,6-7,12-14,16-18H2,1-2H3,(H2,24,25,26). The number of likely N-dealkylation sites (N-methyl/N-ethyl adjacent to an activating group) is 1. The predicted octanol–water partition coefficient (Wildman–Crippen LogP) is 2.83. The first kappa shape index (κ1) is 23.2. The molecule has 1 unspecified atom stereocenters. The van der Waals surface area contributed by atoms with Crippen molar-refractivity contribution in [2.45, 2.75) is 23.8 Å². The van der Waals surface area contributed by atoms with Gasteiger partial charge in [0.1, 0.15) is 12.3 Å². The van der Waals surface area contributed by atoms with Crippen LogP contribution in [0, 0.1) is 0 Å². The Bertz CT molecular complexity index is 805. The van der Waals surface area contributed by atoms with E-state index in [0.29, 0.717) is 12.5 Å². The maximum absolute atomic E-state index is 12.0. The van der Waals surface area contributed by atoms with Gasteiger partial charge in [0.2, 0.25) is 5.91 Å². The number of hydrogen-bond donors (Lipinski definition) is 2. The lowest BCUT2D eigenvalue weighted by Crippen LogP contribution is -2.43. The number of hydrogen-bond acceptors (Lipinski definition) is 5. The van der Waals surface area contributed by atoms with Gasteiger partial charge < -0.3 is 20.0 Å². The summed E-state index contributed by atoms with van der Waals surface area (Å²) in [7, 11) is 3.49. The van der Waals surface area contributed by atoms with Crippen molar-refractivity contribution in [2.24, 2.45) is 4.99 Å². The predicted molar refractivity (Wildman–Crippen MR) is 126 cm³/mol. The molecular weight excluding hydrogens is 410 g/mol. The number of nitrogens with one attached hydrogen (secondary N) is 2. The summed E-state index contributed by atoms with van der Waals surface area (Å²) in [6.07, 6.45) is 4.15. The number of carbonyl (C=O) groups excluding carboxylic acids is 1. The van der Waals surface area contributed by atoms with Gasteiger partial charge in [-0.15, -0.1) is 11.8 Å². The van der Waals surface area contributed by atoms with Gasteiger partial charge in [0.15, 0.2) is 5.96 Å². The van der Waals surface area contributed by atoms with E-state index in [1.165, 1.54) is 17.7 Å². The van der Waals surface area contributed by atoms with Crippen molar-refractivity contribution in [2.75, 3.05) is 52.6 Å². The molecule has 31 heavy (non-hydrogen) atoms. The molecule has 0 bridgehead atoms. The highest BCUT2D eigenvalue weighted by Crippen LogP contribution is 2.24. The summed E-state index contributed by atoms with van der Waals surface area (Å²) in [5.41, 5.74) is 0. The van der Waals surface area contributed by atoms with E-state index >= 15 is 0 Å². The second-order valence-corrected chi connectivity index (χ2v) is 8.86. The summed E-state index contributed by atoms with van der Waals surface area (Å²) >= 11 is 1.79. The lowest BCUT2D eigenvalue weighted by atomic mass is 10.2. The number of aliphatic imine (C=N–C) groups is 1. The zero-order valence-electron chi connectivity index (χ0n) is 18.4. The third-order valence-corrected chi connectivity index (χ3v) is 6.21. The third-order valence-electron chi connectivity index (χ3n) is 5.19. The summed E-state index contributed by atoms with van der Waals surface area (Å²) in [6.45, 7) is 3.67. The molecule has 1 atom stereocenters. The van der Waals surface area contributed by atoms with Crippen molar-refractivity contribution >= 4 is 23.6 Å². The van der Waals surface area contributed by atoms with Crippen molar-refractivity contribution in [1.82, 2.24) is 20.4 Å². The Morgan fingerprint density at radius 3 is 2.61 bits per heavy atom. The second kappa shape index (κ2) is 12.4. The molecule has 1 amide bonds. The van der Waals surface area contributed by atoms with Gasteiger partial charge in [-0.3, -0.25) is 9.69 Å². The van der Waals surface area contributed by atoms with Crippen LogP contribution in [0.3, 0.4) is 0 Å². The van der Waals surface area contributed by atoms with Crippen molar-refractivity contribution in [3.63, 3.8) is 0 Å². The summed E-state index contributed by atoms with van der Waals surface area (Å²) in [5.74, 6) is 2.49. The number of carbonyl (C=O) groups is 1. The van der Waals surface area contributed by atoms with E-state index in [9.17, 15) is 4.79 Å². The number of likely N-dealkylation sites (tertiary alicyclic amines) is 1. The average Bonchev–Trinajstić information content (AvgIpc) is 3.50. The van der Waals surface area contributed by atoms with Crippen LogP contribution in [0.25, 0.3) is 0 Å². The molecule has 0 aliphatic carbocycles. The molecular formula is C23H33N5O2S. The van der Waals surface area contributed by atoms with Gasteiger partial charge in [-0.05, 0) is 50.2 Å². The Balaban J connectivity index is 1.58. The van der Waals surface area contributed by atoms with E-state index in [4.69, 9.17) is 4.42 Å². The Morgan fingerprint density at radius 1 is 1.16 bits per heavy atom. The van der Waals surface area contributed by atoms with Crippen LogP contribution >= 0.6 is 11.8 Å². The summed E-state index contributed by atoms with van der Waals surface area (Å²) in [5, 5.41) is 6.81. The van der Waals surface area contributed by atoms with Crippen LogP contribution < -0.4 is 10.6 Å². The number of benzene rings is 1. The highest BCUT2D eigenvalue weighted by molar-refractivity contribution is 7.99. The maximum Gasteiger partial charge on any atom is 0.243 e. The highest BCUT2D eigenvalue weighted by atomic mass is 32.2. The molecule has 2 aromatic rings. The minimum atomic E-state index is -0.0260. The molecule has 1 aromatic carbocycles. The van der Waals surface area contributed by atoms with Gasteiger partial charge in [-0.1, -0.05) is 18.2 Å². The van der Waals surface area contributed by atoms with Gasteiger partial charge in [0, 0.05) is 37.8 Å². The van der Waals surface area contributed by atoms with Crippen molar-refractivity contribution < 1.29 is 9.21 Å². The van der Waals surface area contributed by atoms with E-state index in [0.717, 1.165) is 31.1 Å². The molecule has 2 heterocycles. The Hall–Kier alpha value is -2.45. The van der Waals surface area contributed by atoms with E-state index < -0.39 is 0 Å². The summed E-state index contributed by atoms with van der Waals surface area (Å²) in [4.78, 5) is 21.8. The van der Waals surface area contributed by atoms with Gasteiger partial charge in [0.05, 0.1) is 12.3 Å². The van der Waals surface area contributed by atoms with Crippen LogP contribution in [-0.4, -0.2) is 74.2 Å². The molecule has 7 nitrogen and oxygen atoms in total. The number of thioether (sulfide) groups is 1. The number of rotatable bonds is 10. The van der Waals surface area contributed by atoms with E-state index in [-0.39, 0.29) is 18.5 Å². The molecule has 1 aliphatic rings. The minimum absolute atomic E-state index is 0.0260. The van der Waals surface area contributed by atoms with Crippen molar-refractivity contribution in [3.8, 4) is 0 Å². The molecule has 0 saturated carbocycles. The zero-order chi connectivity index (χ0) is 21.9. The van der Waals surface area contributed by atoms with Crippen molar-refractivity contribution in [3.05, 3.63) is 54.5 Å². The van der Waals surface area contributed by atoms with Crippen LogP contribution in [0.5, 0.6) is 0 Å². The Kier molecular flexibility index (Phi) is 9.30. The number of nitrogens with zero attached hydrogens (tertiary/aromatic N) is 3. The average molecular weight is 444 g/mol. The second-order valence-electron chi connectivity index (χ2n) is 7.70. The normalized spacial score (nSPS) is 15.6. The van der Waals surface area contributed by atoms with Gasteiger partial charge in [-0.2, -0.15) is 0 Å². The van der Waals surface area contributed by atoms with Gasteiger partial charge >= 0.3 is 0 Å². The Morgan fingerprint density at radius 2 is 1.94 bits per heavy atom. The molecule has 2 N–H and O–H groups in total. The topological polar surface area (TPSA) is 73.1 Å². The van der Waals surface area contributed by atoms with Crippen LogP contribution in [0.4, 0.5) is 0 Å². The highest BCUT2D eigenvalue weighted by Gasteiger charge is 2.25. The molecule has 3 rings (SSSR count). The summed E-state index contributed by atoms with van der Waals surface area (Å²) in [6, 6.07) is 14.4. The first-order valence-corrected chi connectivity index (χ1v) is 11.8. The van der Waals surface area contributed by atoms with Crippen LogP contribution in [0.1, 0.15) is 24.6 Å². The first-order valence-electron chi connectivity index (χ1n) is 10.8. The minimum Gasteiger partial charge on any atom is -0.468 e. The Labute approximate surface area is 189 Å². The molecule has 168 valence electrons. The van der Waals surface area contributed by atoms with Gasteiger partial charge in [0.25, 0.3) is 0 Å².